The smallest absolute Gasteiger partial charge is 0.338 e. The molecule has 0 aliphatic heterocycles. The molecule has 2 aromatic carbocycles. The number of hydrogen-bond acceptors (Lipinski definition) is 3. The average molecular weight is 340 g/mol. The second-order valence-electron chi connectivity index (χ2n) is 4.61. The second-order valence-corrected chi connectivity index (χ2v) is 5.02. The Labute approximate surface area is 136 Å². The number of esters is 1. The first-order valence-electron chi connectivity index (χ1n) is 6.59. The molecule has 23 heavy (non-hydrogen) atoms. The van der Waals surface area contributed by atoms with Crippen molar-refractivity contribution in [1.29, 1.82) is 0 Å². The van der Waals surface area contributed by atoms with Crippen LogP contribution in [0.4, 0.5) is 8.78 Å². The minimum Gasteiger partial charge on any atom is -0.452 e. The van der Waals surface area contributed by atoms with E-state index in [1.54, 1.807) is 0 Å². The number of halogens is 3. The van der Waals surface area contributed by atoms with Crippen molar-refractivity contribution in [3.8, 4) is 0 Å². The number of carbonyl (C=O) groups excluding carboxylic acids is 2. The fourth-order valence-corrected chi connectivity index (χ4v) is 1.93. The van der Waals surface area contributed by atoms with Gasteiger partial charge < -0.3 is 10.1 Å². The van der Waals surface area contributed by atoms with Crippen molar-refractivity contribution in [3.05, 3.63) is 70.2 Å². The number of hydrogen-bond donors (Lipinski definition) is 1. The third-order valence-corrected chi connectivity index (χ3v) is 3.16. The molecule has 0 heterocycles. The van der Waals surface area contributed by atoms with Gasteiger partial charge in [-0.1, -0.05) is 23.7 Å². The highest BCUT2D eigenvalue weighted by Gasteiger charge is 2.11. The molecule has 2 aromatic rings. The highest BCUT2D eigenvalue weighted by molar-refractivity contribution is 6.30. The van der Waals surface area contributed by atoms with Crippen LogP contribution in [-0.2, 0) is 16.1 Å². The van der Waals surface area contributed by atoms with E-state index in [-0.39, 0.29) is 17.1 Å². The molecule has 0 spiro atoms. The monoisotopic (exact) mass is 339 g/mol. The quantitative estimate of drug-likeness (QED) is 0.852. The predicted octanol–water partition coefficient (Wildman–Crippen LogP) is 3.09. The molecule has 0 saturated heterocycles. The number of amides is 1. The normalized spacial score (nSPS) is 10.2. The summed E-state index contributed by atoms with van der Waals surface area (Å²) >= 11 is 5.62. The average Bonchev–Trinajstić information content (AvgIpc) is 2.53. The van der Waals surface area contributed by atoms with E-state index < -0.39 is 30.1 Å². The Bertz CT molecular complexity index is 737. The third kappa shape index (κ3) is 5.03. The van der Waals surface area contributed by atoms with Gasteiger partial charge in [-0.2, -0.15) is 0 Å². The predicted molar refractivity (Wildman–Crippen MR) is 79.9 cm³/mol. The van der Waals surface area contributed by atoms with Crippen molar-refractivity contribution in [2.75, 3.05) is 6.61 Å². The molecule has 0 aliphatic carbocycles. The lowest BCUT2D eigenvalue weighted by Gasteiger charge is -2.07. The van der Waals surface area contributed by atoms with Crippen LogP contribution in [0.2, 0.25) is 5.02 Å². The van der Waals surface area contributed by atoms with Gasteiger partial charge in [-0.05, 0) is 35.9 Å². The molecular weight excluding hydrogens is 328 g/mol. The molecule has 0 atom stereocenters. The Morgan fingerprint density at radius 1 is 1.13 bits per heavy atom. The maximum atomic E-state index is 13.0. The van der Waals surface area contributed by atoms with Gasteiger partial charge in [0.05, 0.1) is 10.6 Å². The molecule has 7 heteroatoms. The maximum absolute atomic E-state index is 13.0. The lowest BCUT2D eigenvalue weighted by atomic mass is 10.2. The summed E-state index contributed by atoms with van der Waals surface area (Å²) in [4.78, 5) is 23.2. The molecule has 0 bridgehead atoms. The van der Waals surface area contributed by atoms with Gasteiger partial charge in [-0.15, -0.1) is 0 Å². The Hall–Kier alpha value is -2.47. The van der Waals surface area contributed by atoms with Crippen LogP contribution in [0.15, 0.2) is 42.5 Å². The fraction of sp³-hybridized carbons (Fsp3) is 0.125. The van der Waals surface area contributed by atoms with Crippen molar-refractivity contribution >= 4 is 23.5 Å². The summed E-state index contributed by atoms with van der Waals surface area (Å²) < 4.78 is 30.7. The zero-order valence-corrected chi connectivity index (χ0v) is 12.6. The standard InChI is InChI=1S/C16H12ClF2NO3/c17-13-6-10(4-5-14(13)19)8-20-15(21)9-23-16(22)11-2-1-3-12(18)7-11/h1-7H,8-9H2,(H,20,21). The summed E-state index contributed by atoms with van der Waals surface area (Å²) in [5.41, 5.74) is 0.615. The third-order valence-electron chi connectivity index (χ3n) is 2.87. The summed E-state index contributed by atoms with van der Waals surface area (Å²) in [6.07, 6.45) is 0. The minimum atomic E-state index is -0.801. The topological polar surface area (TPSA) is 55.4 Å². The summed E-state index contributed by atoms with van der Waals surface area (Å²) in [6.45, 7) is -0.402. The Kier molecular flexibility index (Phi) is 5.65. The Morgan fingerprint density at radius 2 is 1.91 bits per heavy atom. The first-order chi connectivity index (χ1) is 11.0. The van der Waals surface area contributed by atoms with Crippen LogP contribution >= 0.6 is 11.6 Å². The molecule has 120 valence electrons. The highest BCUT2D eigenvalue weighted by atomic mass is 35.5. The van der Waals surface area contributed by atoms with Gasteiger partial charge in [0, 0.05) is 6.54 Å². The van der Waals surface area contributed by atoms with Crippen molar-refractivity contribution < 1.29 is 23.1 Å². The van der Waals surface area contributed by atoms with E-state index in [9.17, 15) is 18.4 Å². The van der Waals surface area contributed by atoms with Gasteiger partial charge in [0.1, 0.15) is 11.6 Å². The van der Waals surface area contributed by atoms with Gasteiger partial charge in [0.25, 0.3) is 5.91 Å². The molecule has 0 aromatic heterocycles. The van der Waals surface area contributed by atoms with Crippen LogP contribution in [0.1, 0.15) is 15.9 Å². The van der Waals surface area contributed by atoms with Crippen LogP contribution in [0.25, 0.3) is 0 Å². The van der Waals surface area contributed by atoms with Gasteiger partial charge in [-0.3, -0.25) is 4.79 Å². The zero-order chi connectivity index (χ0) is 16.8. The summed E-state index contributed by atoms with van der Waals surface area (Å²) in [5.74, 6) is -2.47. The number of carbonyl (C=O) groups is 2. The van der Waals surface area contributed by atoms with E-state index in [1.165, 1.54) is 36.4 Å². The van der Waals surface area contributed by atoms with Crippen molar-refractivity contribution in [2.24, 2.45) is 0 Å². The summed E-state index contributed by atoms with van der Waals surface area (Å²) in [5, 5.41) is 2.45. The maximum Gasteiger partial charge on any atom is 0.338 e. The van der Waals surface area contributed by atoms with E-state index in [0.717, 1.165) is 6.07 Å². The molecular formula is C16H12ClF2NO3. The molecule has 0 unspecified atom stereocenters. The summed E-state index contributed by atoms with van der Waals surface area (Å²) in [6, 6.07) is 9.00. The van der Waals surface area contributed by atoms with Crippen molar-refractivity contribution in [1.82, 2.24) is 5.32 Å². The Morgan fingerprint density at radius 3 is 2.61 bits per heavy atom. The minimum absolute atomic E-state index is 0.0168. The fourth-order valence-electron chi connectivity index (χ4n) is 1.73. The van der Waals surface area contributed by atoms with Gasteiger partial charge in [0.2, 0.25) is 0 Å². The molecule has 1 N–H and O–H groups in total. The number of ether oxygens (including phenoxy) is 1. The van der Waals surface area contributed by atoms with Crippen molar-refractivity contribution in [3.63, 3.8) is 0 Å². The molecule has 1 amide bonds. The number of nitrogens with one attached hydrogen (secondary N) is 1. The van der Waals surface area contributed by atoms with Gasteiger partial charge in [0.15, 0.2) is 6.61 Å². The van der Waals surface area contributed by atoms with Crippen LogP contribution < -0.4 is 5.32 Å². The molecule has 0 radical (unpaired) electrons. The highest BCUT2D eigenvalue weighted by Crippen LogP contribution is 2.15. The van der Waals surface area contributed by atoms with E-state index in [1.807, 2.05) is 0 Å². The lowest BCUT2D eigenvalue weighted by molar-refractivity contribution is -0.124. The number of rotatable bonds is 5. The molecule has 0 saturated carbocycles. The molecule has 0 aliphatic rings. The van der Waals surface area contributed by atoms with Crippen LogP contribution in [0.5, 0.6) is 0 Å². The van der Waals surface area contributed by atoms with E-state index in [2.05, 4.69) is 5.32 Å². The van der Waals surface area contributed by atoms with Crippen molar-refractivity contribution in [2.45, 2.75) is 6.54 Å². The lowest BCUT2D eigenvalue weighted by Crippen LogP contribution is -2.28. The van der Waals surface area contributed by atoms with E-state index in [4.69, 9.17) is 16.3 Å². The Balaban J connectivity index is 1.81. The first-order valence-corrected chi connectivity index (χ1v) is 6.97. The molecule has 4 nitrogen and oxygen atoms in total. The van der Waals surface area contributed by atoms with Crippen LogP contribution in [0.3, 0.4) is 0 Å². The molecule has 2 rings (SSSR count). The van der Waals surface area contributed by atoms with Gasteiger partial charge >= 0.3 is 5.97 Å². The summed E-state index contributed by atoms with van der Waals surface area (Å²) in [7, 11) is 0. The van der Waals surface area contributed by atoms with E-state index >= 15 is 0 Å². The molecule has 0 fully saturated rings. The second kappa shape index (κ2) is 7.69. The first kappa shape index (κ1) is 16.9. The number of benzene rings is 2. The largest absolute Gasteiger partial charge is 0.452 e. The SMILES string of the molecule is O=C(COC(=O)c1cccc(F)c1)NCc1ccc(F)c(Cl)c1. The van der Waals surface area contributed by atoms with Crippen LogP contribution in [-0.4, -0.2) is 18.5 Å². The van der Waals surface area contributed by atoms with E-state index in [0.29, 0.717) is 5.56 Å². The van der Waals surface area contributed by atoms with Gasteiger partial charge in [-0.25, -0.2) is 13.6 Å². The zero-order valence-electron chi connectivity index (χ0n) is 11.8. The van der Waals surface area contributed by atoms with Crippen LogP contribution in [0, 0.1) is 11.6 Å².